The topological polar surface area (TPSA) is 92.8 Å². The van der Waals surface area contributed by atoms with Gasteiger partial charge < -0.3 is 10.1 Å². The molecule has 0 aliphatic rings. The Balaban J connectivity index is 1.62. The zero-order chi connectivity index (χ0) is 19.9. The number of aryl methyl sites for hydroxylation is 1. The fraction of sp³-hybridized carbons (Fsp3) is 0.158. The number of hydrogen-bond acceptors (Lipinski definition) is 6. The molecule has 2 aromatic carbocycles. The van der Waals surface area contributed by atoms with Crippen molar-refractivity contribution in [3.8, 4) is 17.5 Å². The number of rotatable bonds is 7. The molecule has 0 bridgehead atoms. The molecule has 0 fully saturated rings. The third-order valence-corrected chi connectivity index (χ3v) is 5.05. The van der Waals surface area contributed by atoms with Gasteiger partial charge in [0, 0.05) is 16.8 Å². The Kier molecular flexibility index (Phi) is 6.53. The minimum Gasteiger partial charge on any atom is -0.479 e. The highest BCUT2D eigenvalue weighted by Crippen LogP contribution is 2.24. The van der Waals surface area contributed by atoms with Gasteiger partial charge in [-0.2, -0.15) is 5.26 Å². The molecule has 3 aromatic rings. The van der Waals surface area contributed by atoms with Gasteiger partial charge in [-0.15, -0.1) is 10.2 Å². The smallest absolute Gasteiger partial charge is 0.234 e. The van der Waals surface area contributed by atoms with E-state index in [9.17, 15) is 4.79 Å². The lowest BCUT2D eigenvalue weighted by molar-refractivity contribution is -0.113. The first-order chi connectivity index (χ1) is 13.6. The highest BCUT2D eigenvalue weighted by molar-refractivity contribution is 7.99. The molecule has 1 aromatic heterocycles. The van der Waals surface area contributed by atoms with Gasteiger partial charge in [-0.25, -0.2) is 0 Å². The third kappa shape index (κ3) is 5.03. The Hall–Kier alpha value is -3.02. The maximum atomic E-state index is 12.3. The van der Waals surface area contributed by atoms with E-state index in [1.54, 1.807) is 35.2 Å². The Morgan fingerprint density at radius 1 is 1.36 bits per heavy atom. The number of thioether (sulfide) groups is 1. The largest absolute Gasteiger partial charge is 0.479 e. The lowest BCUT2D eigenvalue weighted by atomic mass is 10.2. The summed E-state index contributed by atoms with van der Waals surface area (Å²) in [6.07, 6.45) is 1.58. The highest BCUT2D eigenvalue weighted by atomic mass is 35.5. The van der Waals surface area contributed by atoms with Gasteiger partial charge in [0.15, 0.2) is 11.8 Å². The van der Waals surface area contributed by atoms with Crippen LogP contribution in [0.1, 0.15) is 5.56 Å². The van der Waals surface area contributed by atoms with Crippen molar-refractivity contribution in [2.45, 2.75) is 12.1 Å². The molecule has 0 saturated carbocycles. The van der Waals surface area contributed by atoms with Gasteiger partial charge in [0.1, 0.15) is 18.1 Å². The predicted molar refractivity (Wildman–Crippen MR) is 108 cm³/mol. The van der Waals surface area contributed by atoms with Crippen LogP contribution >= 0.6 is 23.4 Å². The highest BCUT2D eigenvalue weighted by Gasteiger charge is 2.11. The fourth-order valence-electron chi connectivity index (χ4n) is 2.34. The van der Waals surface area contributed by atoms with Crippen molar-refractivity contribution in [3.05, 3.63) is 59.4 Å². The normalized spacial score (nSPS) is 10.3. The van der Waals surface area contributed by atoms with Crippen molar-refractivity contribution in [1.82, 2.24) is 14.8 Å². The molecule has 142 valence electrons. The minimum absolute atomic E-state index is 0.0497. The van der Waals surface area contributed by atoms with E-state index in [0.717, 1.165) is 11.3 Å². The van der Waals surface area contributed by atoms with E-state index in [1.807, 2.05) is 31.2 Å². The first-order valence-corrected chi connectivity index (χ1v) is 9.62. The van der Waals surface area contributed by atoms with Crippen LogP contribution in [0.5, 0.6) is 5.75 Å². The summed E-state index contributed by atoms with van der Waals surface area (Å²) in [6.45, 7) is 1.88. The van der Waals surface area contributed by atoms with Gasteiger partial charge in [0.25, 0.3) is 0 Å². The zero-order valence-corrected chi connectivity index (χ0v) is 16.5. The number of benzene rings is 2. The van der Waals surface area contributed by atoms with Crippen LogP contribution in [0.4, 0.5) is 5.69 Å². The van der Waals surface area contributed by atoms with Crippen molar-refractivity contribution < 1.29 is 9.53 Å². The quantitative estimate of drug-likeness (QED) is 0.591. The Labute approximate surface area is 171 Å². The lowest BCUT2D eigenvalue weighted by Crippen LogP contribution is -2.14. The number of aromatic nitrogens is 3. The van der Waals surface area contributed by atoms with Gasteiger partial charge in [0.05, 0.1) is 11.4 Å². The molecule has 28 heavy (non-hydrogen) atoms. The SMILES string of the molecule is Cc1ccc(-n2cnnc2SCC(=O)Nc2cccc(OCC#N)c2)cc1Cl. The molecular formula is C19H16ClN5O2S. The summed E-state index contributed by atoms with van der Waals surface area (Å²) >= 11 is 7.46. The first kappa shape index (κ1) is 19.7. The van der Waals surface area contributed by atoms with Crippen LogP contribution in [0.15, 0.2) is 53.9 Å². The number of carbonyl (C=O) groups excluding carboxylic acids is 1. The van der Waals surface area contributed by atoms with Crippen LogP contribution in [0.3, 0.4) is 0 Å². The summed E-state index contributed by atoms with van der Waals surface area (Å²) in [7, 11) is 0. The van der Waals surface area contributed by atoms with Crippen molar-refractivity contribution in [3.63, 3.8) is 0 Å². The van der Waals surface area contributed by atoms with Gasteiger partial charge in [-0.05, 0) is 36.8 Å². The van der Waals surface area contributed by atoms with Crippen LogP contribution in [0.2, 0.25) is 5.02 Å². The molecule has 0 unspecified atom stereocenters. The molecule has 0 aliphatic carbocycles. The monoisotopic (exact) mass is 413 g/mol. The van der Waals surface area contributed by atoms with Crippen LogP contribution in [0.25, 0.3) is 5.69 Å². The maximum Gasteiger partial charge on any atom is 0.234 e. The van der Waals surface area contributed by atoms with Gasteiger partial charge in [-0.3, -0.25) is 9.36 Å². The Morgan fingerprint density at radius 3 is 3.00 bits per heavy atom. The van der Waals surface area contributed by atoms with Crippen molar-refractivity contribution >= 4 is 35.0 Å². The van der Waals surface area contributed by atoms with E-state index in [2.05, 4.69) is 15.5 Å². The van der Waals surface area contributed by atoms with Gasteiger partial charge >= 0.3 is 0 Å². The Bertz CT molecular complexity index is 1030. The minimum atomic E-state index is -0.195. The number of halogens is 1. The summed E-state index contributed by atoms with van der Waals surface area (Å²) in [6, 6.07) is 14.4. The molecule has 0 saturated heterocycles. The molecular weight excluding hydrogens is 398 g/mol. The molecule has 1 amide bonds. The number of hydrogen-bond donors (Lipinski definition) is 1. The zero-order valence-electron chi connectivity index (χ0n) is 14.9. The van der Waals surface area contributed by atoms with Crippen LogP contribution < -0.4 is 10.1 Å². The molecule has 7 nitrogen and oxygen atoms in total. The van der Waals surface area contributed by atoms with Crippen molar-refractivity contribution in [2.75, 3.05) is 17.7 Å². The number of carbonyl (C=O) groups is 1. The summed E-state index contributed by atoms with van der Waals surface area (Å²) in [5.41, 5.74) is 2.40. The molecule has 0 radical (unpaired) electrons. The van der Waals surface area contributed by atoms with E-state index >= 15 is 0 Å². The number of amides is 1. The molecule has 0 atom stereocenters. The second-order valence-corrected chi connectivity index (χ2v) is 7.08. The Morgan fingerprint density at radius 2 is 2.21 bits per heavy atom. The van der Waals surface area contributed by atoms with E-state index in [1.165, 1.54) is 11.8 Å². The molecule has 0 spiro atoms. The molecule has 0 aliphatic heterocycles. The number of nitrogens with one attached hydrogen (secondary N) is 1. The molecule has 3 rings (SSSR count). The summed E-state index contributed by atoms with van der Waals surface area (Å²) in [5.74, 6) is 0.476. The second-order valence-electron chi connectivity index (χ2n) is 5.73. The fourth-order valence-corrected chi connectivity index (χ4v) is 3.24. The van der Waals surface area contributed by atoms with E-state index < -0.39 is 0 Å². The van der Waals surface area contributed by atoms with Gasteiger partial charge in [-0.1, -0.05) is 35.5 Å². The van der Waals surface area contributed by atoms with Crippen LogP contribution in [-0.4, -0.2) is 33.0 Å². The summed E-state index contributed by atoms with van der Waals surface area (Å²) < 4.78 is 7.01. The van der Waals surface area contributed by atoms with Crippen molar-refractivity contribution in [1.29, 1.82) is 5.26 Å². The number of nitriles is 1. The molecule has 9 heteroatoms. The lowest BCUT2D eigenvalue weighted by Gasteiger charge is -2.09. The standard InChI is InChI=1S/C19H16ClN5O2S/c1-13-5-6-15(10-17(13)20)25-12-22-24-19(25)28-11-18(26)23-14-3-2-4-16(9-14)27-8-7-21/h2-6,9-10,12H,8,11H2,1H3,(H,23,26). The predicted octanol–water partition coefficient (Wildman–Crippen LogP) is 3.86. The summed E-state index contributed by atoms with van der Waals surface area (Å²) in [4.78, 5) is 12.3. The average molecular weight is 414 g/mol. The van der Waals surface area contributed by atoms with E-state index in [4.69, 9.17) is 21.6 Å². The molecule has 1 N–H and O–H groups in total. The van der Waals surface area contributed by atoms with E-state index in [0.29, 0.717) is 21.6 Å². The number of nitrogens with zero attached hydrogens (tertiary/aromatic N) is 4. The van der Waals surface area contributed by atoms with Crippen LogP contribution in [0, 0.1) is 18.3 Å². The third-order valence-electron chi connectivity index (χ3n) is 3.70. The van der Waals surface area contributed by atoms with Crippen LogP contribution in [-0.2, 0) is 4.79 Å². The van der Waals surface area contributed by atoms with Gasteiger partial charge in [0.2, 0.25) is 5.91 Å². The van der Waals surface area contributed by atoms with Crippen molar-refractivity contribution in [2.24, 2.45) is 0 Å². The number of ether oxygens (including phenoxy) is 1. The van der Waals surface area contributed by atoms with E-state index in [-0.39, 0.29) is 18.3 Å². The maximum absolute atomic E-state index is 12.3. The summed E-state index contributed by atoms with van der Waals surface area (Å²) in [5, 5.41) is 20.6. The molecule has 1 heterocycles. The average Bonchev–Trinajstić information content (AvgIpc) is 3.16. The second kappa shape index (κ2) is 9.26. The first-order valence-electron chi connectivity index (χ1n) is 8.26. The number of anilines is 1.